The number of hydrogen-bond donors (Lipinski definition) is 0. The predicted octanol–water partition coefficient (Wildman–Crippen LogP) is 3.15. The minimum atomic E-state index is 0.737. The summed E-state index contributed by atoms with van der Waals surface area (Å²) in [5.74, 6) is 0. The topological polar surface area (TPSA) is 30.2 Å². The van der Waals surface area contributed by atoms with Crippen molar-refractivity contribution in [2.75, 3.05) is 0 Å². The third-order valence-corrected chi connectivity index (χ3v) is 4.40. The van der Waals surface area contributed by atoms with Gasteiger partial charge in [-0.25, -0.2) is 0 Å². The molecule has 0 amide bonds. The maximum Gasteiger partial charge on any atom is 0.195 e. The molecule has 84 valence electrons. The molecule has 1 aliphatic carbocycles. The Morgan fingerprint density at radius 1 is 1.12 bits per heavy atom. The third kappa shape index (κ3) is 1.94. The molecular formula is C12H15N3S. The van der Waals surface area contributed by atoms with Crippen LogP contribution in [-0.4, -0.2) is 19.8 Å². The lowest BCUT2D eigenvalue weighted by molar-refractivity contribution is 0.515. The molecule has 1 aliphatic rings. The van der Waals surface area contributed by atoms with Crippen molar-refractivity contribution >= 4 is 17.4 Å². The largest absolute Gasteiger partial charge is 0.277 e. The zero-order valence-corrected chi connectivity index (χ0v) is 9.99. The van der Waals surface area contributed by atoms with E-state index in [-0.39, 0.29) is 0 Å². The van der Waals surface area contributed by atoms with Crippen molar-refractivity contribution in [3.05, 3.63) is 24.4 Å². The SMILES string of the molecule is c1ccn2c(SC3CCCCC3)nnc2c1. The highest BCUT2D eigenvalue weighted by molar-refractivity contribution is 7.99. The first-order valence-corrected chi connectivity index (χ1v) is 6.78. The van der Waals surface area contributed by atoms with Crippen LogP contribution in [0.25, 0.3) is 5.65 Å². The molecule has 0 bridgehead atoms. The lowest BCUT2D eigenvalue weighted by Crippen LogP contribution is -2.08. The number of fused-ring (bicyclic) bond motifs is 1. The fraction of sp³-hybridized carbons (Fsp3) is 0.500. The van der Waals surface area contributed by atoms with Gasteiger partial charge >= 0.3 is 0 Å². The number of thioether (sulfide) groups is 1. The van der Waals surface area contributed by atoms with Crippen molar-refractivity contribution in [2.45, 2.75) is 42.5 Å². The molecule has 1 saturated carbocycles. The number of rotatable bonds is 2. The molecule has 3 nitrogen and oxygen atoms in total. The molecular weight excluding hydrogens is 218 g/mol. The van der Waals surface area contributed by atoms with Crippen LogP contribution in [0.2, 0.25) is 0 Å². The second kappa shape index (κ2) is 4.45. The summed E-state index contributed by atoms with van der Waals surface area (Å²) in [5.41, 5.74) is 0.945. The average Bonchev–Trinajstić information content (AvgIpc) is 2.74. The fourth-order valence-corrected chi connectivity index (χ4v) is 3.45. The van der Waals surface area contributed by atoms with Crippen LogP contribution in [0.1, 0.15) is 32.1 Å². The second-order valence-corrected chi connectivity index (χ2v) is 5.56. The van der Waals surface area contributed by atoms with Crippen LogP contribution >= 0.6 is 11.8 Å². The Hall–Kier alpha value is -1.03. The molecule has 2 heterocycles. The maximum absolute atomic E-state index is 4.27. The molecule has 4 heteroatoms. The van der Waals surface area contributed by atoms with Crippen molar-refractivity contribution < 1.29 is 0 Å². The lowest BCUT2D eigenvalue weighted by Gasteiger charge is -2.19. The predicted molar refractivity (Wildman–Crippen MR) is 65.7 cm³/mol. The van der Waals surface area contributed by atoms with Crippen molar-refractivity contribution in [1.29, 1.82) is 0 Å². The Kier molecular flexibility index (Phi) is 2.82. The highest BCUT2D eigenvalue weighted by Crippen LogP contribution is 2.32. The van der Waals surface area contributed by atoms with E-state index in [4.69, 9.17) is 0 Å². The number of hydrogen-bond acceptors (Lipinski definition) is 3. The van der Waals surface area contributed by atoms with Crippen LogP contribution in [0.4, 0.5) is 0 Å². The molecule has 0 N–H and O–H groups in total. The molecule has 0 radical (unpaired) electrons. The molecule has 0 aromatic carbocycles. The highest BCUT2D eigenvalue weighted by atomic mass is 32.2. The summed E-state index contributed by atoms with van der Waals surface area (Å²) in [6.07, 6.45) is 8.83. The van der Waals surface area contributed by atoms with Gasteiger partial charge in [-0.2, -0.15) is 0 Å². The first-order chi connectivity index (χ1) is 7.93. The van der Waals surface area contributed by atoms with Gasteiger partial charge in [0.2, 0.25) is 0 Å². The van der Waals surface area contributed by atoms with Crippen LogP contribution in [0.3, 0.4) is 0 Å². The van der Waals surface area contributed by atoms with Gasteiger partial charge in [0.25, 0.3) is 0 Å². The summed E-state index contributed by atoms with van der Waals surface area (Å²) in [6, 6.07) is 6.03. The average molecular weight is 233 g/mol. The summed E-state index contributed by atoms with van der Waals surface area (Å²) < 4.78 is 2.08. The molecule has 0 saturated heterocycles. The van der Waals surface area contributed by atoms with Crippen molar-refractivity contribution in [3.8, 4) is 0 Å². The summed E-state index contributed by atoms with van der Waals surface area (Å²) in [5, 5.41) is 10.2. The van der Waals surface area contributed by atoms with E-state index in [9.17, 15) is 0 Å². The van der Waals surface area contributed by atoms with Gasteiger partial charge in [0.1, 0.15) is 0 Å². The number of pyridine rings is 1. The van der Waals surface area contributed by atoms with Gasteiger partial charge in [-0.3, -0.25) is 4.40 Å². The Bertz CT molecular complexity index is 474. The molecule has 0 atom stereocenters. The molecule has 3 rings (SSSR count). The van der Waals surface area contributed by atoms with E-state index in [0.29, 0.717) is 0 Å². The Morgan fingerprint density at radius 3 is 2.88 bits per heavy atom. The summed E-state index contributed by atoms with van der Waals surface area (Å²) in [7, 11) is 0. The minimum absolute atomic E-state index is 0.737. The standard InChI is InChI=1S/C12H15N3S/c1-2-6-10(7-3-1)16-12-14-13-11-8-4-5-9-15(11)12/h4-5,8-10H,1-3,6-7H2. The Morgan fingerprint density at radius 2 is 2.00 bits per heavy atom. The van der Waals surface area contributed by atoms with Gasteiger partial charge in [0.15, 0.2) is 10.8 Å². The van der Waals surface area contributed by atoms with Gasteiger partial charge < -0.3 is 0 Å². The molecule has 16 heavy (non-hydrogen) atoms. The van der Waals surface area contributed by atoms with Crippen LogP contribution in [0, 0.1) is 0 Å². The summed E-state index contributed by atoms with van der Waals surface area (Å²) in [4.78, 5) is 0. The summed E-state index contributed by atoms with van der Waals surface area (Å²) >= 11 is 1.89. The van der Waals surface area contributed by atoms with E-state index >= 15 is 0 Å². The molecule has 0 unspecified atom stereocenters. The van der Waals surface area contributed by atoms with Crippen LogP contribution < -0.4 is 0 Å². The van der Waals surface area contributed by atoms with E-state index in [1.807, 2.05) is 36.2 Å². The number of aromatic nitrogens is 3. The first-order valence-electron chi connectivity index (χ1n) is 5.90. The third-order valence-electron chi connectivity index (χ3n) is 3.11. The van der Waals surface area contributed by atoms with E-state index in [0.717, 1.165) is 16.1 Å². The normalized spacial score (nSPS) is 18.0. The van der Waals surface area contributed by atoms with Gasteiger partial charge in [-0.15, -0.1) is 10.2 Å². The molecule has 2 aromatic rings. The zero-order valence-electron chi connectivity index (χ0n) is 9.17. The second-order valence-electron chi connectivity index (χ2n) is 4.29. The van der Waals surface area contributed by atoms with Crippen LogP contribution in [0.5, 0.6) is 0 Å². The van der Waals surface area contributed by atoms with Crippen LogP contribution in [0.15, 0.2) is 29.6 Å². The van der Waals surface area contributed by atoms with Crippen molar-refractivity contribution in [2.24, 2.45) is 0 Å². The van der Waals surface area contributed by atoms with E-state index < -0.39 is 0 Å². The first kappa shape index (κ1) is 10.1. The molecule has 0 aliphatic heterocycles. The smallest absolute Gasteiger partial charge is 0.195 e. The van der Waals surface area contributed by atoms with Gasteiger partial charge in [-0.05, 0) is 25.0 Å². The van der Waals surface area contributed by atoms with Gasteiger partial charge in [0, 0.05) is 11.4 Å². The lowest BCUT2D eigenvalue weighted by atomic mass is 10.0. The van der Waals surface area contributed by atoms with Crippen LogP contribution in [-0.2, 0) is 0 Å². The summed E-state index contributed by atoms with van der Waals surface area (Å²) in [6.45, 7) is 0. The molecule has 2 aromatic heterocycles. The van der Waals surface area contributed by atoms with Crippen molar-refractivity contribution in [1.82, 2.24) is 14.6 Å². The maximum atomic E-state index is 4.27. The molecule has 1 fully saturated rings. The molecule has 0 spiro atoms. The Labute approximate surface area is 99.3 Å². The zero-order chi connectivity index (χ0) is 10.8. The van der Waals surface area contributed by atoms with Crippen molar-refractivity contribution in [3.63, 3.8) is 0 Å². The van der Waals surface area contributed by atoms with E-state index in [1.165, 1.54) is 32.1 Å². The monoisotopic (exact) mass is 233 g/mol. The van der Waals surface area contributed by atoms with E-state index in [2.05, 4.69) is 14.6 Å². The quantitative estimate of drug-likeness (QED) is 0.798. The fourth-order valence-electron chi connectivity index (χ4n) is 2.23. The van der Waals surface area contributed by atoms with E-state index in [1.54, 1.807) is 0 Å². The number of nitrogens with zero attached hydrogens (tertiary/aromatic N) is 3. The van der Waals surface area contributed by atoms with Gasteiger partial charge in [-0.1, -0.05) is 37.1 Å². The highest BCUT2D eigenvalue weighted by Gasteiger charge is 2.17. The van der Waals surface area contributed by atoms with Gasteiger partial charge in [0.05, 0.1) is 0 Å². The Balaban J connectivity index is 1.83. The minimum Gasteiger partial charge on any atom is -0.277 e.